The van der Waals surface area contributed by atoms with E-state index >= 15 is 0 Å². The van der Waals surface area contributed by atoms with Crippen LogP contribution >= 0.6 is 0 Å². The lowest BCUT2D eigenvalue weighted by atomic mass is 9.87. The van der Waals surface area contributed by atoms with Gasteiger partial charge in [0.15, 0.2) is 0 Å². The van der Waals surface area contributed by atoms with E-state index in [9.17, 15) is 4.39 Å². The summed E-state index contributed by atoms with van der Waals surface area (Å²) in [6.45, 7) is 8.91. The lowest BCUT2D eigenvalue weighted by molar-refractivity contribution is 0.305. The van der Waals surface area contributed by atoms with Crippen molar-refractivity contribution in [3.8, 4) is 5.75 Å². The highest BCUT2D eigenvalue weighted by Crippen LogP contribution is 2.24. The third-order valence-corrected chi connectivity index (χ3v) is 3.42. The number of benzene rings is 2. The molecule has 0 amide bonds. The quantitative estimate of drug-likeness (QED) is 0.763. The zero-order valence-electron chi connectivity index (χ0n) is 12.5. The van der Waals surface area contributed by atoms with E-state index in [4.69, 9.17) is 4.74 Å². The largest absolute Gasteiger partial charge is 0.489 e. The van der Waals surface area contributed by atoms with E-state index in [0.29, 0.717) is 6.61 Å². The second-order valence-electron chi connectivity index (χ2n) is 6.13. The van der Waals surface area contributed by atoms with Gasteiger partial charge in [-0.15, -0.1) is 0 Å². The van der Waals surface area contributed by atoms with Crippen LogP contribution in [-0.2, 0) is 12.0 Å². The molecule has 0 N–H and O–H groups in total. The third kappa shape index (κ3) is 3.60. The van der Waals surface area contributed by atoms with Crippen LogP contribution in [0.5, 0.6) is 5.75 Å². The number of rotatable bonds is 3. The Morgan fingerprint density at radius 3 is 2.20 bits per heavy atom. The summed E-state index contributed by atoms with van der Waals surface area (Å²) in [6, 6.07) is 12.9. The van der Waals surface area contributed by atoms with Gasteiger partial charge >= 0.3 is 0 Å². The molecule has 0 radical (unpaired) electrons. The van der Waals surface area contributed by atoms with Gasteiger partial charge < -0.3 is 4.74 Å². The van der Waals surface area contributed by atoms with Crippen LogP contribution in [0.1, 0.15) is 37.5 Å². The average Bonchev–Trinajstić information content (AvgIpc) is 2.37. The van der Waals surface area contributed by atoms with Crippen LogP contribution in [0.4, 0.5) is 4.39 Å². The lowest BCUT2D eigenvalue weighted by Crippen LogP contribution is -2.10. The molecule has 0 saturated heterocycles. The predicted molar refractivity (Wildman–Crippen MR) is 80.6 cm³/mol. The molecule has 106 valence electrons. The van der Waals surface area contributed by atoms with Gasteiger partial charge in [0.25, 0.3) is 0 Å². The van der Waals surface area contributed by atoms with E-state index < -0.39 is 0 Å². The van der Waals surface area contributed by atoms with Gasteiger partial charge in [-0.2, -0.15) is 0 Å². The Hall–Kier alpha value is -1.83. The molecule has 0 spiro atoms. The minimum absolute atomic E-state index is 0.145. The second-order valence-corrected chi connectivity index (χ2v) is 6.13. The average molecular weight is 272 g/mol. The summed E-state index contributed by atoms with van der Waals surface area (Å²) < 4.78 is 18.8. The molecule has 0 bridgehead atoms. The molecule has 0 unspecified atom stereocenters. The van der Waals surface area contributed by atoms with Gasteiger partial charge in [-0.25, -0.2) is 4.39 Å². The summed E-state index contributed by atoms with van der Waals surface area (Å²) in [5.41, 5.74) is 3.34. The van der Waals surface area contributed by atoms with E-state index in [1.54, 1.807) is 6.07 Å². The molecule has 0 aliphatic carbocycles. The van der Waals surface area contributed by atoms with E-state index in [-0.39, 0.29) is 11.2 Å². The fourth-order valence-corrected chi connectivity index (χ4v) is 2.03. The highest BCUT2D eigenvalue weighted by molar-refractivity contribution is 5.32. The van der Waals surface area contributed by atoms with Gasteiger partial charge in [0.05, 0.1) is 0 Å². The number of ether oxygens (including phenoxy) is 1. The first-order valence-electron chi connectivity index (χ1n) is 6.84. The Kier molecular flexibility index (Phi) is 4.12. The van der Waals surface area contributed by atoms with Crippen molar-refractivity contribution < 1.29 is 9.13 Å². The maximum atomic E-state index is 13.0. The summed E-state index contributed by atoms with van der Waals surface area (Å²) in [5, 5.41) is 0. The first-order chi connectivity index (χ1) is 9.36. The number of hydrogen-bond donors (Lipinski definition) is 0. The Bertz CT molecular complexity index is 579. The Morgan fingerprint density at radius 2 is 1.65 bits per heavy atom. The molecule has 0 heterocycles. The van der Waals surface area contributed by atoms with Crippen molar-refractivity contribution in [1.29, 1.82) is 0 Å². The van der Waals surface area contributed by atoms with Crippen molar-refractivity contribution in [2.45, 2.75) is 39.7 Å². The molecule has 0 aromatic heterocycles. The minimum Gasteiger partial charge on any atom is -0.489 e. The second kappa shape index (κ2) is 5.66. The summed E-state index contributed by atoms with van der Waals surface area (Å²) in [7, 11) is 0. The summed E-state index contributed by atoms with van der Waals surface area (Å²) >= 11 is 0. The zero-order valence-corrected chi connectivity index (χ0v) is 12.5. The molecule has 1 nitrogen and oxygen atoms in total. The lowest BCUT2D eigenvalue weighted by Gasteiger charge is -2.19. The standard InChI is InChI=1S/C18H21FO/c1-13-11-16(19)8-5-14(13)12-20-17-9-6-15(7-10-17)18(2,3)4/h5-11H,12H2,1-4H3. The molecule has 0 aliphatic rings. The minimum atomic E-state index is -0.208. The molecule has 0 saturated carbocycles. The molecule has 2 aromatic rings. The highest BCUT2D eigenvalue weighted by Gasteiger charge is 2.13. The first kappa shape index (κ1) is 14.6. The van der Waals surface area contributed by atoms with Crippen molar-refractivity contribution in [2.75, 3.05) is 0 Å². The van der Waals surface area contributed by atoms with Crippen molar-refractivity contribution in [1.82, 2.24) is 0 Å². The van der Waals surface area contributed by atoms with Gasteiger partial charge in [0.2, 0.25) is 0 Å². The van der Waals surface area contributed by atoms with E-state index in [1.807, 2.05) is 19.1 Å². The van der Waals surface area contributed by atoms with Crippen molar-refractivity contribution in [2.24, 2.45) is 0 Å². The van der Waals surface area contributed by atoms with Crippen LogP contribution in [0.15, 0.2) is 42.5 Å². The van der Waals surface area contributed by atoms with Crippen LogP contribution in [0, 0.1) is 12.7 Å². The van der Waals surface area contributed by atoms with E-state index in [1.165, 1.54) is 17.7 Å². The highest BCUT2D eigenvalue weighted by atomic mass is 19.1. The zero-order chi connectivity index (χ0) is 14.8. The number of aryl methyl sites for hydroxylation is 1. The summed E-state index contributed by atoms with van der Waals surface area (Å²) in [5.74, 6) is 0.627. The van der Waals surface area contributed by atoms with E-state index in [0.717, 1.165) is 16.9 Å². The number of hydrogen-bond acceptors (Lipinski definition) is 1. The van der Waals surface area contributed by atoms with Crippen molar-refractivity contribution >= 4 is 0 Å². The van der Waals surface area contributed by atoms with Crippen molar-refractivity contribution in [3.63, 3.8) is 0 Å². The normalized spacial score (nSPS) is 11.4. The fraction of sp³-hybridized carbons (Fsp3) is 0.333. The van der Waals surface area contributed by atoms with Gasteiger partial charge in [-0.3, -0.25) is 0 Å². The maximum Gasteiger partial charge on any atom is 0.123 e. The fourth-order valence-electron chi connectivity index (χ4n) is 2.03. The van der Waals surface area contributed by atoms with E-state index in [2.05, 4.69) is 32.9 Å². The van der Waals surface area contributed by atoms with Crippen LogP contribution < -0.4 is 4.74 Å². The SMILES string of the molecule is Cc1cc(F)ccc1COc1ccc(C(C)(C)C)cc1. The molecule has 2 aromatic carbocycles. The topological polar surface area (TPSA) is 9.23 Å². The molecule has 0 aliphatic heterocycles. The van der Waals surface area contributed by atoms with Gasteiger partial charge in [0.1, 0.15) is 18.2 Å². The van der Waals surface area contributed by atoms with Gasteiger partial charge in [-0.1, -0.05) is 39.0 Å². The molecule has 2 heteroatoms. The van der Waals surface area contributed by atoms with Crippen LogP contribution in [0.25, 0.3) is 0 Å². The van der Waals surface area contributed by atoms with Crippen molar-refractivity contribution in [3.05, 3.63) is 65.0 Å². The summed E-state index contributed by atoms with van der Waals surface area (Å²) in [4.78, 5) is 0. The molecular weight excluding hydrogens is 251 g/mol. The Morgan fingerprint density at radius 1 is 1.00 bits per heavy atom. The summed E-state index contributed by atoms with van der Waals surface area (Å²) in [6.07, 6.45) is 0. The Labute approximate surface area is 120 Å². The van der Waals surface area contributed by atoms with Gasteiger partial charge in [0, 0.05) is 0 Å². The smallest absolute Gasteiger partial charge is 0.123 e. The molecule has 0 atom stereocenters. The molecule has 20 heavy (non-hydrogen) atoms. The number of halogens is 1. The molecule has 0 fully saturated rings. The third-order valence-electron chi connectivity index (χ3n) is 3.42. The van der Waals surface area contributed by atoms with Gasteiger partial charge in [-0.05, 0) is 53.3 Å². The van der Waals surface area contributed by atoms with Crippen LogP contribution in [0.3, 0.4) is 0 Å². The van der Waals surface area contributed by atoms with Crippen LogP contribution in [0.2, 0.25) is 0 Å². The van der Waals surface area contributed by atoms with Crippen LogP contribution in [-0.4, -0.2) is 0 Å². The predicted octanol–water partition coefficient (Wildman–Crippen LogP) is 5.01. The first-order valence-corrected chi connectivity index (χ1v) is 6.84. The maximum absolute atomic E-state index is 13.0. The Balaban J connectivity index is 2.04. The monoisotopic (exact) mass is 272 g/mol. The molecular formula is C18H21FO. The molecule has 2 rings (SSSR count).